The molecule has 7 heteroatoms. The minimum Gasteiger partial charge on any atom is -0.298 e. The van der Waals surface area contributed by atoms with Gasteiger partial charge in [-0.1, -0.05) is 21.6 Å². The average molecular weight is 289 g/mol. The summed E-state index contributed by atoms with van der Waals surface area (Å²) in [5, 5.41) is 0. The molecular formula is C10H18F3NOS2. The summed E-state index contributed by atoms with van der Waals surface area (Å²) >= 11 is 0. The zero-order valence-electron chi connectivity index (χ0n) is 10.4. The summed E-state index contributed by atoms with van der Waals surface area (Å²) in [5.41, 5.74) is 0. The fraction of sp³-hybridized carbons (Fsp3) is 0.900. The maximum Gasteiger partial charge on any atom is 0.404 e. The minimum absolute atomic E-state index is 0.00310. The summed E-state index contributed by atoms with van der Waals surface area (Å²) in [6, 6.07) is -2.26. The number of carbonyl (C=O) groups excluding carboxylic acids is 1. The van der Waals surface area contributed by atoms with Crippen LogP contribution >= 0.6 is 21.6 Å². The van der Waals surface area contributed by atoms with Gasteiger partial charge in [0.25, 0.3) is 0 Å². The van der Waals surface area contributed by atoms with Crippen LogP contribution in [0, 0.1) is 0 Å². The Morgan fingerprint density at radius 3 is 2.29 bits per heavy atom. The molecule has 0 bridgehead atoms. The molecule has 0 aromatic rings. The van der Waals surface area contributed by atoms with E-state index in [1.165, 1.54) is 42.5 Å². The Balaban J connectivity index is 4.62. The van der Waals surface area contributed by atoms with Crippen molar-refractivity contribution in [2.75, 3.05) is 19.1 Å². The molecule has 0 aromatic heterocycles. The first kappa shape index (κ1) is 17.1. The highest BCUT2D eigenvalue weighted by Gasteiger charge is 2.43. The van der Waals surface area contributed by atoms with Gasteiger partial charge in [-0.3, -0.25) is 9.69 Å². The number of nitrogens with zero attached hydrogens (tertiary/aromatic N) is 1. The van der Waals surface area contributed by atoms with E-state index in [1.807, 2.05) is 6.26 Å². The van der Waals surface area contributed by atoms with E-state index >= 15 is 0 Å². The third kappa shape index (κ3) is 6.01. The predicted molar refractivity (Wildman–Crippen MR) is 68.3 cm³/mol. The number of hydrogen-bond donors (Lipinski definition) is 0. The van der Waals surface area contributed by atoms with Crippen molar-refractivity contribution in [2.24, 2.45) is 0 Å². The van der Waals surface area contributed by atoms with Gasteiger partial charge in [-0.05, 0) is 33.6 Å². The molecule has 0 aliphatic rings. The van der Waals surface area contributed by atoms with Gasteiger partial charge in [0.15, 0.2) is 0 Å². The van der Waals surface area contributed by atoms with Crippen molar-refractivity contribution in [3.8, 4) is 0 Å². The first-order valence-corrected chi connectivity index (χ1v) is 7.89. The Bertz CT molecular complexity index is 248. The molecule has 17 heavy (non-hydrogen) atoms. The molecule has 0 aliphatic heterocycles. The Morgan fingerprint density at radius 2 is 1.94 bits per heavy atom. The molecule has 0 aliphatic carbocycles. The first-order valence-electron chi connectivity index (χ1n) is 5.16. The van der Waals surface area contributed by atoms with Crippen LogP contribution in [0.25, 0.3) is 0 Å². The summed E-state index contributed by atoms with van der Waals surface area (Å²) in [4.78, 5) is 12.2. The van der Waals surface area contributed by atoms with Crippen molar-refractivity contribution < 1.29 is 18.0 Å². The number of Topliss-reactive ketones (excluding diaryl/α,β-unsaturated/α-hetero) is 1. The van der Waals surface area contributed by atoms with Gasteiger partial charge >= 0.3 is 6.18 Å². The summed E-state index contributed by atoms with van der Waals surface area (Å²) in [6.45, 7) is 2.81. The normalized spacial score (nSPS) is 16.0. The van der Waals surface area contributed by atoms with Crippen LogP contribution in [-0.2, 0) is 4.79 Å². The molecule has 0 aromatic carbocycles. The second kappa shape index (κ2) is 7.53. The molecule has 0 spiro atoms. The highest BCUT2D eigenvalue weighted by molar-refractivity contribution is 8.76. The molecule has 2 atom stereocenters. The lowest BCUT2D eigenvalue weighted by Crippen LogP contribution is -2.50. The first-order chi connectivity index (χ1) is 7.71. The number of halogens is 3. The molecule has 2 nitrogen and oxygen atoms in total. The summed E-state index contributed by atoms with van der Waals surface area (Å²) < 4.78 is 38.6. The van der Waals surface area contributed by atoms with E-state index in [-0.39, 0.29) is 12.2 Å². The highest BCUT2D eigenvalue weighted by atomic mass is 33.1. The molecule has 0 N–H and O–H groups in total. The van der Waals surface area contributed by atoms with E-state index in [0.717, 1.165) is 4.90 Å². The number of alkyl halides is 3. The second-order valence-electron chi connectivity index (χ2n) is 3.79. The summed E-state index contributed by atoms with van der Waals surface area (Å²) in [5.74, 6) is 0.166. The smallest absolute Gasteiger partial charge is 0.298 e. The Hall–Kier alpha value is 0.120. The van der Waals surface area contributed by atoms with E-state index in [1.54, 1.807) is 0 Å². The minimum atomic E-state index is -4.29. The Morgan fingerprint density at radius 1 is 1.41 bits per heavy atom. The van der Waals surface area contributed by atoms with Crippen LogP contribution in [0.1, 0.15) is 20.3 Å². The van der Waals surface area contributed by atoms with Crippen LogP contribution in [0.3, 0.4) is 0 Å². The monoisotopic (exact) mass is 289 g/mol. The van der Waals surface area contributed by atoms with Crippen molar-refractivity contribution in [1.82, 2.24) is 4.90 Å². The number of rotatable bonds is 7. The van der Waals surface area contributed by atoms with Gasteiger partial charge in [0.05, 0.1) is 6.04 Å². The lowest BCUT2D eigenvalue weighted by molar-refractivity contribution is -0.185. The fourth-order valence-corrected chi connectivity index (χ4v) is 2.67. The number of likely N-dealkylation sites (N-methyl/N-ethyl adjacent to an activating group) is 1. The molecule has 0 radical (unpaired) electrons. The van der Waals surface area contributed by atoms with Gasteiger partial charge in [-0.25, -0.2) is 0 Å². The predicted octanol–water partition coefficient (Wildman–Crippen LogP) is 3.23. The zero-order chi connectivity index (χ0) is 13.6. The van der Waals surface area contributed by atoms with Crippen molar-refractivity contribution in [3.05, 3.63) is 0 Å². The maximum atomic E-state index is 12.9. The lowest BCUT2D eigenvalue weighted by atomic mass is 10.1. The molecular weight excluding hydrogens is 271 g/mol. The standard InChI is InChI=1S/C10H18F3NOS2/c1-7(8(2)15)14(3)9(10(11,12)13)5-6-17-16-4/h7,9H,5-6H2,1-4H3/t7-,9?/m0/s1. The Kier molecular flexibility index (Phi) is 7.58. The van der Waals surface area contributed by atoms with Gasteiger partial charge in [-0.2, -0.15) is 13.2 Å². The van der Waals surface area contributed by atoms with E-state index in [0.29, 0.717) is 5.75 Å². The lowest BCUT2D eigenvalue weighted by Gasteiger charge is -2.33. The van der Waals surface area contributed by atoms with Crippen LogP contribution in [0.4, 0.5) is 13.2 Å². The zero-order valence-corrected chi connectivity index (χ0v) is 12.0. The Labute approximate surface area is 108 Å². The molecule has 0 amide bonds. The molecule has 1 unspecified atom stereocenters. The molecule has 0 saturated carbocycles. The van der Waals surface area contributed by atoms with E-state index in [9.17, 15) is 18.0 Å². The molecule has 0 fully saturated rings. The van der Waals surface area contributed by atoms with Crippen molar-refractivity contribution >= 4 is 27.4 Å². The summed E-state index contributed by atoms with van der Waals surface area (Å²) in [7, 11) is 4.19. The van der Waals surface area contributed by atoms with Crippen molar-refractivity contribution in [3.63, 3.8) is 0 Å². The summed E-state index contributed by atoms with van der Waals surface area (Å²) in [6.07, 6.45) is -2.46. The van der Waals surface area contributed by atoms with Gasteiger partial charge in [0, 0.05) is 5.75 Å². The SMILES string of the molecule is CSSCCC(N(C)[C@@H](C)C(C)=O)C(F)(F)F. The van der Waals surface area contributed by atoms with Crippen LogP contribution in [0.5, 0.6) is 0 Å². The quantitative estimate of drug-likeness (QED) is 0.529. The van der Waals surface area contributed by atoms with Crippen molar-refractivity contribution in [1.29, 1.82) is 0 Å². The third-order valence-corrected chi connectivity index (χ3v) is 4.51. The van der Waals surface area contributed by atoms with Crippen LogP contribution in [0.15, 0.2) is 0 Å². The van der Waals surface area contributed by atoms with Crippen LogP contribution < -0.4 is 0 Å². The topological polar surface area (TPSA) is 20.3 Å². The van der Waals surface area contributed by atoms with E-state index < -0.39 is 18.3 Å². The van der Waals surface area contributed by atoms with Crippen LogP contribution in [-0.4, -0.2) is 48.0 Å². The number of carbonyl (C=O) groups is 1. The van der Waals surface area contributed by atoms with Gasteiger partial charge in [0.1, 0.15) is 11.8 Å². The van der Waals surface area contributed by atoms with E-state index in [4.69, 9.17) is 0 Å². The van der Waals surface area contributed by atoms with Gasteiger partial charge in [0.2, 0.25) is 0 Å². The third-order valence-electron chi connectivity index (χ3n) is 2.66. The molecule has 0 rings (SSSR count). The molecule has 0 heterocycles. The number of hydrogen-bond acceptors (Lipinski definition) is 4. The second-order valence-corrected chi connectivity index (χ2v) is 6.47. The molecule has 102 valence electrons. The van der Waals surface area contributed by atoms with Crippen LogP contribution in [0.2, 0.25) is 0 Å². The number of ketones is 1. The fourth-order valence-electron chi connectivity index (χ4n) is 1.40. The van der Waals surface area contributed by atoms with Gasteiger partial charge < -0.3 is 0 Å². The highest BCUT2D eigenvalue weighted by Crippen LogP contribution is 2.30. The average Bonchev–Trinajstić information content (AvgIpc) is 2.20. The maximum absolute atomic E-state index is 12.9. The van der Waals surface area contributed by atoms with Gasteiger partial charge in [-0.15, -0.1) is 0 Å². The van der Waals surface area contributed by atoms with E-state index in [2.05, 4.69) is 0 Å². The largest absolute Gasteiger partial charge is 0.404 e. The van der Waals surface area contributed by atoms with Crippen molar-refractivity contribution in [2.45, 2.75) is 38.5 Å². The molecule has 0 saturated heterocycles.